The van der Waals surface area contributed by atoms with Crippen molar-refractivity contribution in [3.63, 3.8) is 0 Å². The Morgan fingerprint density at radius 3 is 2.32 bits per heavy atom. The van der Waals surface area contributed by atoms with Crippen LogP contribution in [0.25, 0.3) is 6.08 Å². The Morgan fingerprint density at radius 1 is 1.05 bits per heavy atom. The Kier molecular flexibility index (Phi) is 5.68. The maximum absolute atomic E-state index is 12.7. The minimum Gasteiger partial charge on any atom is -0.392 e. The van der Waals surface area contributed by atoms with E-state index in [0.717, 1.165) is 16.7 Å². The van der Waals surface area contributed by atoms with Crippen molar-refractivity contribution in [2.45, 2.75) is 13.2 Å². The van der Waals surface area contributed by atoms with Crippen molar-refractivity contribution in [1.82, 2.24) is 10.6 Å². The molecule has 0 fully saturated rings. The number of carbonyl (C=O) groups is 1. The van der Waals surface area contributed by atoms with E-state index in [1.165, 1.54) is 18.3 Å². The normalized spacial score (nSPS) is 10.6. The molecule has 0 atom stereocenters. The highest BCUT2D eigenvalue weighted by Gasteiger charge is 1.98. The molecule has 0 aliphatic carbocycles. The molecule has 0 heterocycles. The van der Waals surface area contributed by atoms with Crippen LogP contribution in [0, 0.1) is 5.82 Å². The lowest BCUT2D eigenvalue weighted by Gasteiger charge is -2.05. The number of aliphatic hydroxyl groups is 1. The lowest BCUT2D eigenvalue weighted by Crippen LogP contribution is -2.31. The van der Waals surface area contributed by atoms with E-state index in [2.05, 4.69) is 10.6 Å². The fraction of sp³-hybridized carbons (Fsp3) is 0.118. The van der Waals surface area contributed by atoms with Crippen molar-refractivity contribution in [2.24, 2.45) is 0 Å². The summed E-state index contributed by atoms with van der Waals surface area (Å²) in [6.45, 7) is 0.393. The van der Waals surface area contributed by atoms with E-state index in [1.54, 1.807) is 18.2 Å². The molecule has 0 spiro atoms. The number of carbonyl (C=O) groups excluding carboxylic acids is 1. The van der Waals surface area contributed by atoms with Gasteiger partial charge in [0.15, 0.2) is 0 Å². The average molecular weight is 300 g/mol. The van der Waals surface area contributed by atoms with Crippen LogP contribution in [0.15, 0.2) is 54.7 Å². The standard InChI is InChI=1S/C17H17FN2O2/c18-16-7-5-13(6-8-16)9-10-19-17(22)20-11-14-1-3-15(12-21)4-2-14/h1-10,21H,11-12H2,(H2,19,20,22)/b10-9+. The summed E-state index contributed by atoms with van der Waals surface area (Å²) in [4.78, 5) is 11.6. The van der Waals surface area contributed by atoms with E-state index in [4.69, 9.17) is 5.11 Å². The Balaban J connectivity index is 1.76. The first-order valence-electron chi connectivity index (χ1n) is 6.82. The molecule has 0 saturated heterocycles. The van der Waals surface area contributed by atoms with Gasteiger partial charge in [-0.15, -0.1) is 0 Å². The number of rotatable bonds is 5. The highest BCUT2D eigenvalue weighted by molar-refractivity contribution is 5.75. The molecule has 0 aliphatic rings. The Hall–Kier alpha value is -2.66. The summed E-state index contributed by atoms with van der Waals surface area (Å²) in [7, 11) is 0. The number of amides is 2. The first-order valence-corrected chi connectivity index (χ1v) is 6.82. The van der Waals surface area contributed by atoms with Crippen molar-refractivity contribution >= 4 is 12.1 Å². The van der Waals surface area contributed by atoms with E-state index in [-0.39, 0.29) is 18.5 Å². The van der Waals surface area contributed by atoms with E-state index >= 15 is 0 Å². The zero-order valence-corrected chi connectivity index (χ0v) is 11.9. The van der Waals surface area contributed by atoms with Crippen LogP contribution < -0.4 is 10.6 Å². The zero-order chi connectivity index (χ0) is 15.8. The monoisotopic (exact) mass is 300 g/mol. The van der Waals surface area contributed by atoms with Gasteiger partial charge in [0.2, 0.25) is 0 Å². The second-order valence-corrected chi connectivity index (χ2v) is 4.69. The Morgan fingerprint density at radius 2 is 1.68 bits per heavy atom. The number of aliphatic hydroxyl groups excluding tert-OH is 1. The molecule has 2 aromatic carbocycles. The zero-order valence-electron chi connectivity index (χ0n) is 11.9. The maximum atomic E-state index is 12.7. The minimum absolute atomic E-state index is 0.00236. The molecule has 2 rings (SSSR count). The SMILES string of the molecule is O=C(N/C=C/c1ccc(F)cc1)NCc1ccc(CO)cc1. The molecule has 0 radical (unpaired) electrons. The molecule has 3 N–H and O–H groups in total. The van der Waals surface area contributed by atoms with Gasteiger partial charge in [0, 0.05) is 12.7 Å². The van der Waals surface area contributed by atoms with Gasteiger partial charge in [0.05, 0.1) is 6.61 Å². The molecular weight excluding hydrogens is 283 g/mol. The first kappa shape index (κ1) is 15.7. The fourth-order valence-corrected chi connectivity index (χ4v) is 1.78. The van der Waals surface area contributed by atoms with Crippen LogP contribution in [0.2, 0.25) is 0 Å². The first-order chi connectivity index (χ1) is 10.7. The van der Waals surface area contributed by atoms with Crippen molar-refractivity contribution in [3.05, 3.63) is 77.2 Å². The summed E-state index contributed by atoms with van der Waals surface area (Å²) in [5, 5.41) is 14.2. The molecule has 0 unspecified atom stereocenters. The van der Waals surface area contributed by atoms with Crippen LogP contribution in [0.3, 0.4) is 0 Å². The van der Waals surface area contributed by atoms with E-state index in [9.17, 15) is 9.18 Å². The number of hydrogen-bond donors (Lipinski definition) is 3. The largest absolute Gasteiger partial charge is 0.392 e. The van der Waals surface area contributed by atoms with Gasteiger partial charge in [-0.1, -0.05) is 36.4 Å². The molecule has 22 heavy (non-hydrogen) atoms. The topological polar surface area (TPSA) is 61.4 Å². The van der Waals surface area contributed by atoms with Crippen LogP contribution in [0.5, 0.6) is 0 Å². The van der Waals surface area contributed by atoms with Crippen LogP contribution >= 0.6 is 0 Å². The van der Waals surface area contributed by atoms with Gasteiger partial charge in [-0.3, -0.25) is 0 Å². The number of nitrogens with one attached hydrogen (secondary N) is 2. The van der Waals surface area contributed by atoms with Crippen LogP contribution in [0.4, 0.5) is 9.18 Å². The van der Waals surface area contributed by atoms with Crippen LogP contribution in [-0.2, 0) is 13.2 Å². The van der Waals surface area contributed by atoms with E-state index < -0.39 is 0 Å². The molecule has 0 aromatic heterocycles. The Labute approximate surface area is 128 Å². The lowest BCUT2D eigenvalue weighted by atomic mass is 10.1. The quantitative estimate of drug-likeness (QED) is 0.795. The third-order valence-electron chi connectivity index (χ3n) is 3.02. The predicted molar refractivity (Wildman–Crippen MR) is 83.2 cm³/mol. The Bertz CT molecular complexity index is 637. The van der Waals surface area contributed by atoms with Crippen LogP contribution in [-0.4, -0.2) is 11.1 Å². The molecule has 0 saturated carbocycles. The van der Waals surface area contributed by atoms with Gasteiger partial charge in [-0.25, -0.2) is 9.18 Å². The van der Waals surface area contributed by atoms with Gasteiger partial charge in [0.25, 0.3) is 0 Å². The molecule has 5 heteroatoms. The van der Waals surface area contributed by atoms with Crippen molar-refractivity contribution in [3.8, 4) is 0 Å². The van der Waals surface area contributed by atoms with Gasteiger partial charge in [-0.05, 0) is 34.9 Å². The molecule has 0 aliphatic heterocycles. The minimum atomic E-state index is -0.329. The summed E-state index contributed by atoms with van der Waals surface area (Å²) in [6, 6.07) is 12.9. The third-order valence-corrected chi connectivity index (χ3v) is 3.02. The van der Waals surface area contributed by atoms with Gasteiger partial charge in [0.1, 0.15) is 5.82 Å². The predicted octanol–water partition coefficient (Wildman–Crippen LogP) is 2.79. The molecule has 2 aromatic rings. The fourth-order valence-electron chi connectivity index (χ4n) is 1.78. The van der Waals surface area contributed by atoms with Crippen molar-refractivity contribution < 1.29 is 14.3 Å². The van der Waals surface area contributed by atoms with E-state index in [1.807, 2.05) is 24.3 Å². The summed E-state index contributed by atoms with van der Waals surface area (Å²) >= 11 is 0. The molecule has 4 nitrogen and oxygen atoms in total. The summed E-state index contributed by atoms with van der Waals surface area (Å²) in [5.74, 6) is -0.296. The number of halogens is 1. The number of hydrogen-bond acceptors (Lipinski definition) is 2. The average Bonchev–Trinajstić information content (AvgIpc) is 2.55. The maximum Gasteiger partial charge on any atom is 0.319 e. The summed E-state index contributed by atoms with van der Waals surface area (Å²) < 4.78 is 12.7. The van der Waals surface area contributed by atoms with Crippen molar-refractivity contribution in [1.29, 1.82) is 0 Å². The smallest absolute Gasteiger partial charge is 0.319 e. The molecule has 2 amide bonds. The number of urea groups is 1. The summed E-state index contributed by atoms with van der Waals surface area (Å²) in [5.41, 5.74) is 2.56. The lowest BCUT2D eigenvalue weighted by molar-refractivity contribution is 0.244. The molecule has 0 bridgehead atoms. The molecular formula is C17H17FN2O2. The summed E-state index contributed by atoms with van der Waals surface area (Å²) in [6.07, 6.45) is 3.17. The van der Waals surface area contributed by atoms with Gasteiger partial charge >= 0.3 is 6.03 Å². The highest BCUT2D eigenvalue weighted by atomic mass is 19.1. The van der Waals surface area contributed by atoms with Gasteiger partial charge in [-0.2, -0.15) is 0 Å². The van der Waals surface area contributed by atoms with Gasteiger partial charge < -0.3 is 15.7 Å². The van der Waals surface area contributed by atoms with E-state index in [0.29, 0.717) is 6.54 Å². The number of benzene rings is 2. The molecule has 114 valence electrons. The third kappa shape index (κ3) is 5.03. The highest BCUT2D eigenvalue weighted by Crippen LogP contribution is 2.05. The van der Waals surface area contributed by atoms with Crippen LogP contribution in [0.1, 0.15) is 16.7 Å². The second-order valence-electron chi connectivity index (χ2n) is 4.69. The van der Waals surface area contributed by atoms with Crippen molar-refractivity contribution in [2.75, 3.05) is 0 Å². The second kappa shape index (κ2) is 7.95.